The fraction of sp³-hybridized carbons (Fsp3) is 0.458. The van der Waals surface area contributed by atoms with Crippen molar-refractivity contribution in [2.75, 3.05) is 31.5 Å². The lowest BCUT2D eigenvalue weighted by Gasteiger charge is -2.33. The summed E-state index contributed by atoms with van der Waals surface area (Å²) in [5.41, 5.74) is 0.917. The minimum atomic E-state index is -4.29. The average molecular weight is 489 g/mol. The molecule has 2 aliphatic heterocycles. The molecule has 2 aromatic heterocycles. The summed E-state index contributed by atoms with van der Waals surface area (Å²) in [5.74, 6) is -0.170. The number of aromatic nitrogens is 3. The van der Waals surface area contributed by atoms with E-state index in [0.717, 1.165) is 31.3 Å². The number of nitrogens with one attached hydrogen (secondary N) is 3. The molecule has 0 saturated carbocycles. The van der Waals surface area contributed by atoms with Gasteiger partial charge in [-0.1, -0.05) is 0 Å². The van der Waals surface area contributed by atoms with Crippen molar-refractivity contribution in [3.63, 3.8) is 0 Å². The zero-order valence-electron chi connectivity index (χ0n) is 19.1. The first-order valence-electron chi connectivity index (χ1n) is 11.8. The smallest absolute Gasteiger partial charge is 0.393 e. The number of carbonyl (C=O) groups excluding carboxylic acids is 1. The number of alkyl halides is 3. The van der Waals surface area contributed by atoms with Crippen molar-refractivity contribution < 1.29 is 22.7 Å². The van der Waals surface area contributed by atoms with Crippen LogP contribution in [0.3, 0.4) is 0 Å². The van der Waals surface area contributed by atoms with E-state index >= 15 is 0 Å². The highest BCUT2D eigenvalue weighted by atomic mass is 19.4. The van der Waals surface area contributed by atoms with Crippen LogP contribution in [-0.4, -0.2) is 64.4 Å². The number of pyridine rings is 1. The van der Waals surface area contributed by atoms with Crippen LogP contribution in [0.25, 0.3) is 11.0 Å². The predicted molar refractivity (Wildman–Crippen MR) is 125 cm³/mol. The van der Waals surface area contributed by atoms with Gasteiger partial charge in [-0.05, 0) is 56.5 Å². The molecule has 2 saturated heterocycles. The quantitative estimate of drug-likeness (QED) is 0.495. The SMILES string of the molecule is O=C(c1ccc(Oc2ccnc3[nH]nc(N[C@@H]4CCCNC4)c23)cc1)N1CCCC(C(F)(F)F)C1. The van der Waals surface area contributed by atoms with Crippen molar-refractivity contribution in [1.29, 1.82) is 0 Å². The molecular formula is C24H27F3N6O2. The first-order valence-corrected chi connectivity index (χ1v) is 11.8. The van der Waals surface area contributed by atoms with Crippen molar-refractivity contribution in [3.8, 4) is 11.5 Å². The minimum Gasteiger partial charge on any atom is -0.456 e. The lowest BCUT2D eigenvalue weighted by molar-refractivity contribution is -0.184. The number of aromatic amines is 1. The van der Waals surface area contributed by atoms with Gasteiger partial charge in [-0.25, -0.2) is 4.98 Å². The first kappa shape index (κ1) is 23.4. The molecule has 186 valence electrons. The Labute approximate surface area is 200 Å². The fourth-order valence-corrected chi connectivity index (χ4v) is 4.68. The van der Waals surface area contributed by atoms with Crippen molar-refractivity contribution >= 4 is 22.8 Å². The maximum atomic E-state index is 13.1. The molecule has 0 aliphatic carbocycles. The van der Waals surface area contributed by atoms with Crippen molar-refractivity contribution in [2.24, 2.45) is 5.92 Å². The number of carbonyl (C=O) groups is 1. The third-order valence-corrected chi connectivity index (χ3v) is 6.56. The van der Waals surface area contributed by atoms with Crippen LogP contribution in [0.2, 0.25) is 0 Å². The Morgan fingerprint density at radius 1 is 1.14 bits per heavy atom. The third-order valence-electron chi connectivity index (χ3n) is 6.56. The number of hydrogen-bond donors (Lipinski definition) is 3. The number of piperidine rings is 2. The van der Waals surface area contributed by atoms with E-state index in [1.54, 1.807) is 36.5 Å². The van der Waals surface area contributed by atoms with Gasteiger partial charge in [0.15, 0.2) is 11.5 Å². The molecule has 0 radical (unpaired) electrons. The maximum absolute atomic E-state index is 13.1. The number of hydrogen-bond acceptors (Lipinski definition) is 6. The zero-order valence-corrected chi connectivity index (χ0v) is 19.1. The number of amides is 1. The standard InChI is InChI=1S/C24H27F3N6O2/c25-24(26,27)16-3-2-12-33(14-16)23(34)15-5-7-18(8-6-15)35-19-9-11-29-21-20(19)22(32-31-21)30-17-4-1-10-28-13-17/h5-9,11,16-17,28H,1-4,10,12-14H2,(H2,29,30,31,32)/t16?,17-/m1/s1. The summed E-state index contributed by atoms with van der Waals surface area (Å²) in [6.07, 6.45) is -0.154. The highest BCUT2D eigenvalue weighted by molar-refractivity contribution is 5.95. The molecule has 11 heteroatoms. The Kier molecular flexibility index (Phi) is 6.50. The van der Waals surface area contributed by atoms with Crippen molar-refractivity contribution in [2.45, 2.75) is 37.9 Å². The van der Waals surface area contributed by atoms with Crippen LogP contribution in [-0.2, 0) is 0 Å². The number of likely N-dealkylation sites (tertiary alicyclic amines) is 1. The molecule has 1 unspecified atom stereocenters. The summed E-state index contributed by atoms with van der Waals surface area (Å²) >= 11 is 0. The number of ether oxygens (including phenoxy) is 1. The molecule has 2 atom stereocenters. The van der Waals surface area contributed by atoms with E-state index in [4.69, 9.17) is 4.74 Å². The molecule has 1 aromatic carbocycles. The third kappa shape index (κ3) is 5.19. The van der Waals surface area contributed by atoms with E-state index in [-0.39, 0.29) is 19.0 Å². The van der Waals surface area contributed by atoms with E-state index in [2.05, 4.69) is 25.8 Å². The van der Waals surface area contributed by atoms with Gasteiger partial charge < -0.3 is 20.3 Å². The monoisotopic (exact) mass is 488 g/mol. The molecule has 3 aromatic rings. The van der Waals surface area contributed by atoms with Crippen LogP contribution >= 0.6 is 0 Å². The van der Waals surface area contributed by atoms with Gasteiger partial charge in [0, 0.05) is 43.5 Å². The largest absolute Gasteiger partial charge is 0.456 e. The Hall–Kier alpha value is -3.34. The van der Waals surface area contributed by atoms with E-state index in [9.17, 15) is 18.0 Å². The lowest BCUT2D eigenvalue weighted by Crippen LogP contribution is -2.44. The zero-order chi connectivity index (χ0) is 24.4. The number of rotatable bonds is 5. The molecular weight excluding hydrogens is 461 g/mol. The summed E-state index contributed by atoms with van der Waals surface area (Å²) in [5, 5.41) is 14.8. The second kappa shape index (κ2) is 9.73. The highest BCUT2D eigenvalue weighted by Crippen LogP contribution is 2.35. The van der Waals surface area contributed by atoms with Gasteiger partial charge in [-0.2, -0.15) is 18.3 Å². The van der Waals surface area contributed by atoms with E-state index in [0.29, 0.717) is 41.5 Å². The second-order valence-corrected chi connectivity index (χ2v) is 9.05. The van der Waals surface area contributed by atoms with Crippen LogP contribution in [0.1, 0.15) is 36.0 Å². The van der Waals surface area contributed by atoms with Crippen LogP contribution in [0.4, 0.5) is 19.0 Å². The molecule has 4 heterocycles. The lowest BCUT2D eigenvalue weighted by atomic mass is 9.97. The van der Waals surface area contributed by atoms with E-state index in [1.165, 1.54) is 4.90 Å². The second-order valence-electron chi connectivity index (χ2n) is 9.05. The van der Waals surface area contributed by atoms with Gasteiger partial charge in [0.1, 0.15) is 16.9 Å². The average Bonchev–Trinajstić information content (AvgIpc) is 3.28. The molecule has 1 amide bonds. The van der Waals surface area contributed by atoms with Crippen LogP contribution < -0.4 is 15.4 Å². The first-order chi connectivity index (χ1) is 16.9. The normalized spacial score (nSPS) is 21.2. The molecule has 0 bridgehead atoms. The van der Waals surface area contributed by atoms with Gasteiger partial charge in [-0.3, -0.25) is 9.89 Å². The Bertz CT molecular complexity index is 1170. The topological polar surface area (TPSA) is 95.2 Å². The molecule has 2 aliphatic rings. The fourth-order valence-electron chi connectivity index (χ4n) is 4.68. The number of H-pyrrole nitrogens is 1. The van der Waals surface area contributed by atoms with E-state index in [1.807, 2.05) is 0 Å². The summed E-state index contributed by atoms with van der Waals surface area (Å²) in [4.78, 5) is 18.4. The number of anilines is 1. The van der Waals surface area contributed by atoms with Crippen LogP contribution in [0, 0.1) is 5.92 Å². The number of halogens is 3. The van der Waals surface area contributed by atoms with Gasteiger partial charge >= 0.3 is 6.18 Å². The summed E-state index contributed by atoms with van der Waals surface area (Å²) < 4.78 is 45.4. The van der Waals surface area contributed by atoms with Gasteiger partial charge in [-0.15, -0.1) is 0 Å². The van der Waals surface area contributed by atoms with E-state index < -0.39 is 18.0 Å². The summed E-state index contributed by atoms with van der Waals surface area (Å²) in [6, 6.07) is 8.43. The molecule has 8 nitrogen and oxygen atoms in total. The number of nitrogens with zero attached hydrogens (tertiary/aromatic N) is 3. The van der Waals surface area contributed by atoms with Crippen LogP contribution in [0.5, 0.6) is 11.5 Å². The molecule has 2 fully saturated rings. The number of benzene rings is 1. The van der Waals surface area contributed by atoms with Crippen LogP contribution in [0.15, 0.2) is 36.5 Å². The Morgan fingerprint density at radius 3 is 2.71 bits per heavy atom. The predicted octanol–water partition coefficient (Wildman–Crippen LogP) is 4.33. The summed E-state index contributed by atoms with van der Waals surface area (Å²) in [6.45, 7) is 1.88. The van der Waals surface area contributed by atoms with Gasteiger partial charge in [0.25, 0.3) is 5.91 Å². The molecule has 3 N–H and O–H groups in total. The Morgan fingerprint density at radius 2 is 1.97 bits per heavy atom. The summed E-state index contributed by atoms with van der Waals surface area (Å²) in [7, 11) is 0. The van der Waals surface area contributed by atoms with Gasteiger partial charge in [0.2, 0.25) is 0 Å². The highest BCUT2D eigenvalue weighted by Gasteiger charge is 2.42. The molecule has 35 heavy (non-hydrogen) atoms. The number of fused-ring (bicyclic) bond motifs is 1. The maximum Gasteiger partial charge on any atom is 0.393 e. The Balaban J connectivity index is 1.30. The molecule has 0 spiro atoms. The van der Waals surface area contributed by atoms with Crippen molar-refractivity contribution in [3.05, 3.63) is 42.1 Å². The van der Waals surface area contributed by atoms with Crippen molar-refractivity contribution in [1.82, 2.24) is 25.4 Å². The molecule has 5 rings (SSSR count). The van der Waals surface area contributed by atoms with Gasteiger partial charge in [0.05, 0.1) is 5.92 Å². The minimum absolute atomic E-state index is 0.0581.